The van der Waals surface area contributed by atoms with Gasteiger partial charge in [0.05, 0.1) is 5.56 Å². The van der Waals surface area contributed by atoms with E-state index in [-0.39, 0.29) is 11.8 Å². The molecule has 3 heterocycles. The predicted molar refractivity (Wildman–Crippen MR) is 109 cm³/mol. The molecule has 0 aliphatic carbocycles. The lowest BCUT2D eigenvalue weighted by atomic mass is 10.0. The van der Waals surface area contributed by atoms with Gasteiger partial charge < -0.3 is 20.1 Å². The molecule has 3 aromatic rings. The molecule has 0 radical (unpaired) electrons. The molecular formula is C21H22N6O2. The van der Waals surface area contributed by atoms with Gasteiger partial charge in [-0.2, -0.15) is 0 Å². The van der Waals surface area contributed by atoms with E-state index >= 15 is 0 Å². The Morgan fingerprint density at radius 2 is 2.00 bits per heavy atom. The first-order valence-electron chi connectivity index (χ1n) is 9.40. The number of para-hydroxylation sites is 1. The summed E-state index contributed by atoms with van der Waals surface area (Å²) >= 11 is 0. The smallest absolute Gasteiger partial charge is 0.256 e. The quantitative estimate of drug-likeness (QED) is 0.698. The standard InChI is InChI=1S/C21H22N6O2/c1-14-22-11-13-27(14)12-9-18(28)24-17-8-4-3-6-15(17)20-25-21(29)16-7-5-10-23-19(16)26(20)2/h3-8,10-11,13,20H,9,12H2,1-2H3,(H,24,28)(H,25,29). The fraction of sp³-hybridized carbons (Fsp3) is 0.238. The molecule has 1 aliphatic rings. The summed E-state index contributed by atoms with van der Waals surface area (Å²) in [7, 11) is 1.87. The van der Waals surface area contributed by atoms with Crippen molar-refractivity contribution >= 4 is 23.3 Å². The highest BCUT2D eigenvalue weighted by atomic mass is 16.2. The molecule has 1 unspecified atom stereocenters. The van der Waals surface area contributed by atoms with E-state index in [9.17, 15) is 9.59 Å². The number of hydrogen-bond donors (Lipinski definition) is 2. The Balaban J connectivity index is 1.53. The fourth-order valence-corrected chi connectivity index (χ4v) is 3.49. The molecule has 1 aromatic carbocycles. The van der Waals surface area contributed by atoms with Gasteiger partial charge in [0, 0.05) is 49.9 Å². The molecule has 2 aromatic heterocycles. The van der Waals surface area contributed by atoms with Gasteiger partial charge in [-0.15, -0.1) is 0 Å². The number of hydrogen-bond acceptors (Lipinski definition) is 5. The van der Waals surface area contributed by atoms with Gasteiger partial charge in [0.15, 0.2) is 0 Å². The lowest BCUT2D eigenvalue weighted by Crippen LogP contribution is -2.45. The maximum atomic E-state index is 12.5. The fourth-order valence-electron chi connectivity index (χ4n) is 3.49. The minimum Gasteiger partial charge on any atom is -0.335 e. The van der Waals surface area contributed by atoms with Crippen LogP contribution in [0.25, 0.3) is 0 Å². The number of aromatic nitrogens is 3. The van der Waals surface area contributed by atoms with Crippen LogP contribution in [0.3, 0.4) is 0 Å². The zero-order valence-electron chi connectivity index (χ0n) is 16.3. The van der Waals surface area contributed by atoms with Crippen LogP contribution in [0.1, 0.15) is 34.3 Å². The summed E-state index contributed by atoms with van der Waals surface area (Å²) in [6.45, 7) is 2.46. The molecule has 1 aliphatic heterocycles. The van der Waals surface area contributed by atoms with Crippen molar-refractivity contribution in [1.82, 2.24) is 19.9 Å². The van der Waals surface area contributed by atoms with E-state index in [1.807, 2.05) is 53.9 Å². The van der Waals surface area contributed by atoms with Crippen LogP contribution < -0.4 is 15.5 Å². The van der Waals surface area contributed by atoms with Gasteiger partial charge in [0.1, 0.15) is 17.8 Å². The molecular weight excluding hydrogens is 368 g/mol. The molecule has 2 amide bonds. The van der Waals surface area contributed by atoms with Gasteiger partial charge in [-0.3, -0.25) is 9.59 Å². The molecule has 2 N–H and O–H groups in total. The summed E-state index contributed by atoms with van der Waals surface area (Å²) in [4.78, 5) is 35.5. The average molecular weight is 390 g/mol. The molecule has 0 bridgehead atoms. The monoisotopic (exact) mass is 390 g/mol. The topological polar surface area (TPSA) is 92.2 Å². The number of amides is 2. The summed E-state index contributed by atoms with van der Waals surface area (Å²) < 4.78 is 1.93. The van der Waals surface area contributed by atoms with Crippen molar-refractivity contribution in [1.29, 1.82) is 0 Å². The normalized spacial score (nSPS) is 15.6. The molecule has 1 atom stereocenters. The van der Waals surface area contributed by atoms with Crippen molar-refractivity contribution in [3.63, 3.8) is 0 Å². The minimum absolute atomic E-state index is 0.103. The largest absolute Gasteiger partial charge is 0.335 e. The lowest BCUT2D eigenvalue weighted by molar-refractivity contribution is -0.116. The Morgan fingerprint density at radius 1 is 1.17 bits per heavy atom. The van der Waals surface area contributed by atoms with E-state index in [2.05, 4.69) is 20.6 Å². The number of pyridine rings is 1. The zero-order valence-corrected chi connectivity index (χ0v) is 16.3. The van der Waals surface area contributed by atoms with Crippen molar-refractivity contribution in [2.75, 3.05) is 17.3 Å². The van der Waals surface area contributed by atoms with Gasteiger partial charge in [0.25, 0.3) is 5.91 Å². The van der Waals surface area contributed by atoms with Crippen LogP contribution in [0.4, 0.5) is 11.5 Å². The van der Waals surface area contributed by atoms with Crippen molar-refractivity contribution < 1.29 is 9.59 Å². The van der Waals surface area contributed by atoms with Crippen LogP contribution in [0.15, 0.2) is 55.0 Å². The Bertz CT molecular complexity index is 1060. The van der Waals surface area contributed by atoms with Crippen molar-refractivity contribution in [3.8, 4) is 0 Å². The number of imidazole rings is 1. The van der Waals surface area contributed by atoms with E-state index in [0.29, 0.717) is 30.0 Å². The molecule has 8 heteroatoms. The third-order valence-electron chi connectivity index (χ3n) is 5.05. The van der Waals surface area contributed by atoms with E-state index < -0.39 is 6.17 Å². The number of nitrogens with one attached hydrogen (secondary N) is 2. The number of rotatable bonds is 5. The molecule has 8 nitrogen and oxygen atoms in total. The second kappa shape index (κ2) is 7.75. The predicted octanol–water partition coefficient (Wildman–Crippen LogP) is 2.49. The first-order chi connectivity index (χ1) is 14.0. The van der Waals surface area contributed by atoms with Gasteiger partial charge in [-0.25, -0.2) is 9.97 Å². The Morgan fingerprint density at radius 3 is 2.79 bits per heavy atom. The number of carbonyl (C=O) groups is 2. The van der Waals surface area contributed by atoms with Crippen LogP contribution >= 0.6 is 0 Å². The molecule has 0 saturated heterocycles. The highest BCUT2D eigenvalue weighted by molar-refractivity contribution is 6.01. The van der Waals surface area contributed by atoms with E-state index in [0.717, 1.165) is 11.4 Å². The molecule has 0 fully saturated rings. The molecule has 29 heavy (non-hydrogen) atoms. The molecule has 148 valence electrons. The van der Waals surface area contributed by atoms with Crippen LogP contribution in [-0.2, 0) is 11.3 Å². The zero-order chi connectivity index (χ0) is 20.4. The third-order valence-corrected chi connectivity index (χ3v) is 5.05. The maximum absolute atomic E-state index is 12.5. The van der Waals surface area contributed by atoms with E-state index in [1.165, 1.54) is 0 Å². The van der Waals surface area contributed by atoms with Gasteiger partial charge in [-0.05, 0) is 25.1 Å². The summed E-state index contributed by atoms with van der Waals surface area (Å²) in [6, 6.07) is 11.0. The van der Waals surface area contributed by atoms with Crippen LogP contribution in [0, 0.1) is 6.92 Å². The minimum atomic E-state index is -0.433. The number of nitrogens with zero attached hydrogens (tertiary/aromatic N) is 4. The molecule has 0 saturated carbocycles. The lowest BCUT2D eigenvalue weighted by Gasteiger charge is -2.36. The second-order valence-electron chi connectivity index (χ2n) is 6.91. The SMILES string of the molecule is Cc1nccn1CCC(=O)Nc1ccccc1C1NC(=O)c2cccnc2N1C. The molecule has 4 rings (SSSR count). The van der Waals surface area contributed by atoms with Gasteiger partial charge >= 0.3 is 0 Å². The first-order valence-corrected chi connectivity index (χ1v) is 9.40. The Hall–Kier alpha value is -3.68. The van der Waals surface area contributed by atoms with Crippen LogP contribution in [-0.4, -0.2) is 33.4 Å². The number of benzene rings is 1. The van der Waals surface area contributed by atoms with Gasteiger partial charge in [-0.1, -0.05) is 18.2 Å². The van der Waals surface area contributed by atoms with Crippen molar-refractivity contribution in [2.45, 2.75) is 26.1 Å². The number of carbonyl (C=O) groups excluding carboxylic acids is 2. The highest BCUT2D eigenvalue weighted by Gasteiger charge is 2.31. The maximum Gasteiger partial charge on any atom is 0.256 e. The van der Waals surface area contributed by atoms with Crippen LogP contribution in [0.5, 0.6) is 0 Å². The van der Waals surface area contributed by atoms with E-state index in [1.54, 1.807) is 24.5 Å². The summed E-state index contributed by atoms with van der Waals surface area (Å²) in [5, 5.41) is 5.98. The van der Waals surface area contributed by atoms with E-state index in [4.69, 9.17) is 0 Å². The van der Waals surface area contributed by atoms with Crippen LogP contribution in [0.2, 0.25) is 0 Å². The number of anilines is 2. The Kier molecular flexibility index (Phi) is 4.99. The highest BCUT2D eigenvalue weighted by Crippen LogP contribution is 2.33. The van der Waals surface area contributed by atoms with Crippen molar-refractivity contribution in [3.05, 3.63) is 71.9 Å². The summed E-state index contributed by atoms with van der Waals surface area (Å²) in [6.07, 6.45) is 5.13. The van der Waals surface area contributed by atoms with Crippen molar-refractivity contribution in [2.24, 2.45) is 0 Å². The Labute approximate surface area is 168 Å². The van der Waals surface area contributed by atoms with Gasteiger partial charge in [0.2, 0.25) is 5.91 Å². The molecule has 0 spiro atoms. The third kappa shape index (κ3) is 3.69. The average Bonchev–Trinajstić information content (AvgIpc) is 3.14. The second-order valence-corrected chi connectivity index (χ2v) is 6.91. The number of aryl methyl sites for hydroxylation is 2. The summed E-state index contributed by atoms with van der Waals surface area (Å²) in [5.74, 6) is 1.19. The summed E-state index contributed by atoms with van der Waals surface area (Å²) in [5.41, 5.74) is 1.99. The number of fused-ring (bicyclic) bond motifs is 1. The first kappa shape index (κ1) is 18.7.